The van der Waals surface area contributed by atoms with Gasteiger partial charge in [-0.2, -0.15) is 13.2 Å². The summed E-state index contributed by atoms with van der Waals surface area (Å²) in [6.45, 7) is 1.21. The van der Waals surface area contributed by atoms with E-state index in [2.05, 4.69) is 5.32 Å². The van der Waals surface area contributed by atoms with Crippen molar-refractivity contribution in [2.75, 3.05) is 5.32 Å². The minimum absolute atomic E-state index is 0.0626. The maximum Gasteiger partial charge on any atom is 0.416 e. The Kier molecular flexibility index (Phi) is 4.81. The molecule has 0 aliphatic rings. The Bertz CT molecular complexity index is 1280. The highest BCUT2D eigenvalue weighted by Gasteiger charge is 2.32. The normalized spacial score (nSPS) is 11.7. The fourth-order valence-corrected chi connectivity index (χ4v) is 3.60. The summed E-state index contributed by atoms with van der Waals surface area (Å²) < 4.78 is 41.2. The molecule has 4 rings (SSSR count). The molecule has 152 valence electrons. The van der Waals surface area contributed by atoms with Crippen molar-refractivity contribution in [2.24, 2.45) is 0 Å². The molecule has 0 aliphatic heterocycles. The van der Waals surface area contributed by atoms with Crippen molar-refractivity contribution >= 4 is 33.4 Å². The molecule has 30 heavy (non-hydrogen) atoms. The third-order valence-corrected chi connectivity index (χ3v) is 5.01. The molecule has 1 heterocycles. The molecular formula is C23H17F3N2O2. The number of anilines is 1. The van der Waals surface area contributed by atoms with Crippen LogP contribution in [-0.2, 0) is 17.5 Å². The first-order valence-electron chi connectivity index (χ1n) is 9.23. The Balaban J connectivity index is 1.74. The number of pyridine rings is 1. The summed E-state index contributed by atoms with van der Waals surface area (Å²) in [6, 6.07) is 17.6. The summed E-state index contributed by atoms with van der Waals surface area (Å²) in [5.41, 5.74) is 0.378. The second-order valence-electron chi connectivity index (χ2n) is 7.03. The molecule has 1 amide bonds. The Labute approximate surface area is 169 Å². The monoisotopic (exact) mass is 410 g/mol. The van der Waals surface area contributed by atoms with Gasteiger partial charge in [-0.25, -0.2) is 0 Å². The summed E-state index contributed by atoms with van der Waals surface area (Å²) in [6.07, 6.45) is -4.50. The van der Waals surface area contributed by atoms with Gasteiger partial charge in [0.1, 0.15) is 6.54 Å². The minimum Gasteiger partial charge on any atom is -0.331 e. The van der Waals surface area contributed by atoms with Gasteiger partial charge in [0.2, 0.25) is 5.91 Å². The van der Waals surface area contributed by atoms with Crippen LogP contribution in [0.1, 0.15) is 11.1 Å². The summed E-state index contributed by atoms with van der Waals surface area (Å²) in [5, 5.41) is 3.48. The van der Waals surface area contributed by atoms with E-state index in [1.54, 1.807) is 53.1 Å². The number of hydrogen-bond acceptors (Lipinski definition) is 2. The van der Waals surface area contributed by atoms with E-state index in [0.29, 0.717) is 21.8 Å². The zero-order chi connectivity index (χ0) is 21.5. The fourth-order valence-electron chi connectivity index (χ4n) is 3.60. The van der Waals surface area contributed by atoms with Crippen molar-refractivity contribution in [3.63, 3.8) is 0 Å². The van der Waals surface area contributed by atoms with Crippen LogP contribution in [0.15, 0.2) is 71.5 Å². The van der Waals surface area contributed by atoms with Gasteiger partial charge in [0, 0.05) is 16.5 Å². The van der Waals surface area contributed by atoms with E-state index >= 15 is 0 Å². The van der Waals surface area contributed by atoms with Crippen LogP contribution >= 0.6 is 0 Å². The van der Waals surface area contributed by atoms with Gasteiger partial charge >= 0.3 is 6.18 Å². The van der Waals surface area contributed by atoms with Gasteiger partial charge in [0.15, 0.2) is 5.43 Å². The van der Waals surface area contributed by atoms with Gasteiger partial charge in [-0.15, -0.1) is 0 Å². The number of hydrogen-bond donors (Lipinski definition) is 1. The third kappa shape index (κ3) is 3.54. The second kappa shape index (κ2) is 7.33. The van der Waals surface area contributed by atoms with Crippen LogP contribution < -0.4 is 10.7 Å². The molecule has 3 aromatic carbocycles. The average Bonchev–Trinajstić information content (AvgIpc) is 2.72. The predicted octanol–water partition coefficient (Wildman–Crippen LogP) is 5.12. The van der Waals surface area contributed by atoms with Gasteiger partial charge in [-0.05, 0) is 48.9 Å². The number of aromatic nitrogens is 1. The molecule has 0 bridgehead atoms. The lowest BCUT2D eigenvalue weighted by Crippen LogP contribution is -2.22. The summed E-state index contributed by atoms with van der Waals surface area (Å²) in [7, 11) is 0. The van der Waals surface area contributed by atoms with Crippen LogP contribution in [0.2, 0.25) is 0 Å². The first-order valence-corrected chi connectivity index (χ1v) is 9.23. The first-order chi connectivity index (χ1) is 14.3. The van der Waals surface area contributed by atoms with Gasteiger partial charge in [-0.3, -0.25) is 9.59 Å². The van der Waals surface area contributed by atoms with E-state index in [9.17, 15) is 22.8 Å². The number of fused-ring (bicyclic) bond motifs is 2. The lowest BCUT2D eigenvalue weighted by atomic mass is 10.1. The Hall–Kier alpha value is -3.61. The van der Waals surface area contributed by atoms with Crippen molar-refractivity contribution in [3.8, 4) is 0 Å². The minimum atomic E-state index is -4.50. The molecule has 1 N–H and O–H groups in total. The zero-order valence-corrected chi connectivity index (χ0v) is 16.0. The number of benzene rings is 3. The number of nitrogens with one attached hydrogen (secondary N) is 1. The van der Waals surface area contributed by atoms with Crippen LogP contribution in [0.3, 0.4) is 0 Å². The molecule has 0 spiro atoms. The van der Waals surface area contributed by atoms with Gasteiger partial charge < -0.3 is 9.88 Å². The average molecular weight is 410 g/mol. The molecular weight excluding hydrogens is 393 g/mol. The molecule has 1 aromatic heterocycles. The number of amides is 1. The number of rotatable bonds is 3. The van der Waals surface area contributed by atoms with Crippen molar-refractivity contribution in [2.45, 2.75) is 19.6 Å². The molecule has 0 saturated carbocycles. The summed E-state index contributed by atoms with van der Waals surface area (Å²) in [5.74, 6) is -0.495. The van der Waals surface area contributed by atoms with Crippen LogP contribution in [0, 0.1) is 6.92 Å². The molecule has 0 fully saturated rings. The Morgan fingerprint density at radius 3 is 2.07 bits per heavy atom. The smallest absolute Gasteiger partial charge is 0.331 e. The Morgan fingerprint density at radius 1 is 0.933 bits per heavy atom. The largest absolute Gasteiger partial charge is 0.416 e. The van der Waals surface area contributed by atoms with Crippen molar-refractivity contribution in [3.05, 3.63) is 88.1 Å². The summed E-state index contributed by atoms with van der Waals surface area (Å²) >= 11 is 0. The standard InChI is InChI=1S/C23H17F3N2O2/c1-14-10-11-15(12-18(14)23(24,25)26)27-21(29)13-28-19-8-4-2-6-16(19)22(30)17-7-3-5-9-20(17)28/h2-12H,13H2,1H3,(H,27,29). The van der Waals surface area contributed by atoms with Gasteiger partial charge in [0.05, 0.1) is 16.6 Å². The van der Waals surface area contributed by atoms with E-state index in [-0.39, 0.29) is 23.2 Å². The van der Waals surface area contributed by atoms with Crippen LogP contribution in [0.25, 0.3) is 21.8 Å². The lowest BCUT2D eigenvalue weighted by molar-refractivity contribution is -0.138. The zero-order valence-electron chi connectivity index (χ0n) is 16.0. The molecule has 7 heteroatoms. The third-order valence-electron chi connectivity index (χ3n) is 5.01. The predicted molar refractivity (Wildman–Crippen MR) is 111 cm³/mol. The Morgan fingerprint density at radius 2 is 1.50 bits per heavy atom. The number of para-hydroxylation sites is 2. The molecule has 4 aromatic rings. The lowest BCUT2D eigenvalue weighted by Gasteiger charge is -2.16. The van der Waals surface area contributed by atoms with Crippen LogP contribution in [0.5, 0.6) is 0 Å². The van der Waals surface area contributed by atoms with E-state index in [0.717, 1.165) is 6.07 Å². The second-order valence-corrected chi connectivity index (χ2v) is 7.03. The van der Waals surface area contributed by atoms with E-state index < -0.39 is 17.6 Å². The highest BCUT2D eigenvalue weighted by atomic mass is 19.4. The van der Waals surface area contributed by atoms with E-state index in [4.69, 9.17) is 0 Å². The highest BCUT2D eigenvalue weighted by Crippen LogP contribution is 2.33. The number of halogens is 3. The molecule has 0 aliphatic carbocycles. The highest BCUT2D eigenvalue weighted by molar-refractivity contribution is 5.97. The molecule has 4 nitrogen and oxygen atoms in total. The number of nitrogens with zero attached hydrogens (tertiary/aromatic N) is 1. The van der Waals surface area contributed by atoms with Gasteiger partial charge in [0.25, 0.3) is 0 Å². The quantitative estimate of drug-likeness (QED) is 0.477. The van der Waals surface area contributed by atoms with E-state index in [1.165, 1.54) is 19.1 Å². The SMILES string of the molecule is Cc1ccc(NC(=O)Cn2c3ccccc3c(=O)c3ccccc32)cc1C(F)(F)F. The number of aryl methyl sites for hydroxylation is 1. The maximum atomic E-state index is 13.2. The van der Waals surface area contributed by atoms with Crippen molar-refractivity contribution in [1.29, 1.82) is 0 Å². The molecule has 0 unspecified atom stereocenters. The molecule has 0 atom stereocenters. The molecule has 0 saturated heterocycles. The molecule has 0 radical (unpaired) electrons. The maximum absolute atomic E-state index is 13.2. The van der Waals surface area contributed by atoms with Crippen LogP contribution in [0.4, 0.5) is 18.9 Å². The fraction of sp³-hybridized carbons (Fsp3) is 0.130. The van der Waals surface area contributed by atoms with Crippen LogP contribution in [-0.4, -0.2) is 10.5 Å². The van der Waals surface area contributed by atoms with E-state index in [1.807, 2.05) is 0 Å². The number of carbonyl (C=O) groups excluding carboxylic acids is 1. The number of alkyl halides is 3. The van der Waals surface area contributed by atoms with Gasteiger partial charge in [-0.1, -0.05) is 30.3 Å². The first kappa shape index (κ1) is 19.7. The summed E-state index contributed by atoms with van der Waals surface area (Å²) in [4.78, 5) is 25.5. The van der Waals surface area contributed by atoms with Crippen molar-refractivity contribution < 1.29 is 18.0 Å². The van der Waals surface area contributed by atoms with Crippen molar-refractivity contribution in [1.82, 2.24) is 4.57 Å². The topological polar surface area (TPSA) is 51.1 Å². The number of carbonyl (C=O) groups is 1.